The number of nitrogens with one attached hydrogen (secondary N) is 1. The van der Waals surface area contributed by atoms with Gasteiger partial charge in [-0.3, -0.25) is 9.20 Å². The number of pyridine rings is 1. The van der Waals surface area contributed by atoms with E-state index < -0.39 is 5.92 Å². The Bertz CT molecular complexity index is 1270. The molecule has 0 saturated heterocycles. The molecule has 1 aliphatic carbocycles. The summed E-state index contributed by atoms with van der Waals surface area (Å²) in [5.74, 6) is -2.31. The molecule has 5 rings (SSSR count). The van der Waals surface area contributed by atoms with Gasteiger partial charge in [-0.2, -0.15) is 4.98 Å². The molecule has 1 amide bonds. The predicted octanol–water partition coefficient (Wildman–Crippen LogP) is 4.53. The van der Waals surface area contributed by atoms with E-state index in [2.05, 4.69) is 20.4 Å². The van der Waals surface area contributed by atoms with Crippen molar-refractivity contribution in [1.29, 1.82) is 0 Å². The number of aromatic nitrogens is 4. The summed E-state index contributed by atoms with van der Waals surface area (Å²) in [5, 5.41) is 6.89. The van der Waals surface area contributed by atoms with Crippen molar-refractivity contribution >= 4 is 17.2 Å². The van der Waals surface area contributed by atoms with E-state index in [0.29, 0.717) is 40.7 Å². The summed E-state index contributed by atoms with van der Waals surface area (Å²) in [6, 6.07) is 10.9. The zero-order chi connectivity index (χ0) is 21.6. The Labute approximate surface area is 176 Å². The van der Waals surface area contributed by atoms with Crippen LogP contribution in [0.1, 0.15) is 34.8 Å². The number of carbonyl (C=O) groups is 1. The van der Waals surface area contributed by atoms with Gasteiger partial charge in [0, 0.05) is 36.7 Å². The topological polar surface area (TPSA) is 85.3 Å². The Hall–Kier alpha value is -3.62. The van der Waals surface area contributed by atoms with Gasteiger partial charge in [-0.05, 0) is 36.6 Å². The second kappa shape index (κ2) is 7.26. The third kappa shape index (κ3) is 3.78. The van der Waals surface area contributed by atoms with Gasteiger partial charge < -0.3 is 9.84 Å². The molecule has 0 radical (unpaired) electrons. The Balaban J connectivity index is 1.34. The summed E-state index contributed by atoms with van der Waals surface area (Å²) in [5.41, 5.74) is 3.24. The maximum absolute atomic E-state index is 13.0. The molecule has 1 aromatic carbocycles. The zero-order valence-electron chi connectivity index (χ0n) is 16.7. The lowest BCUT2D eigenvalue weighted by molar-refractivity contribution is -0.111. The minimum Gasteiger partial charge on any atom is -0.339 e. The third-order valence-electron chi connectivity index (χ3n) is 5.50. The molecule has 3 heterocycles. The largest absolute Gasteiger partial charge is 0.339 e. The molecule has 9 heteroatoms. The maximum Gasteiger partial charge on any atom is 0.274 e. The number of nitrogens with zero attached hydrogens (tertiary/aromatic N) is 4. The van der Waals surface area contributed by atoms with Crippen LogP contribution in [0.3, 0.4) is 0 Å². The van der Waals surface area contributed by atoms with Crippen LogP contribution in [-0.4, -0.2) is 31.4 Å². The van der Waals surface area contributed by atoms with Crippen LogP contribution in [0.4, 0.5) is 14.5 Å². The Morgan fingerprint density at radius 2 is 2.13 bits per heavy atom. The molecular weight excluding hydrogens is 404 g/mol. The van der Waals surface area contributed by atoms with E-state index in [9.17, 15) is 13.6 Å². The van der Waals surface area contributed by atoms with E-state index in [0.717, 1.165) is 5.56 Å². The average Bonchev–Trinajstić information content (AvgIpc) is 3.35. The quantitative estimate of drug-likeness (QED) is 0.510. The highest BCUT2D eigenvalue weighted by Crippen LogP contribution is 2.43. The van der Waals surface area contributed by atoms with E-state index >= 15 is 0 Å². The van der Waals surface area contributed by atoms with Crippen molar-refractivity contribution in [3.05, 3.63) is 65.9 Å². The molecule has 1 aliphatic rings. The third-order valence-corrected chi connectivity index (χ3v) is 5.50. The fourth-order valence-electron chi connectivity index (χ4n) is 3.81. The predicted molar refractivity (Wildman–Crippen MR) is 109 cm³/mol. The number of rotatable bonds is 5. The summed E-state index contributed by atoms with van der Waals surface area (Å²) in [7, 11) is 0. The smallest absolute Gasteiger partial charge is 0.274 e. The highest BCUT2D eigenvalue weighted by molar-refractivity contribution is 6.04. The van der Waals surface area contributed by atoms with Gasteiger partial charge in [0.15, 0.2) is 0 Å². The maximum atomic E-state index is 13.0. The highest BCUT2D eigenvalue weighted by atomic mass is 19.3. The minimum absolute atomic E-state index is 0.137. The number of fused-ring (bicyclic) bond motifs is 1. The number of carbonyl (C=O) groups excluding carboxylic acids is 1. The van der Waals surface area contributed by atoms with Crippen LogP contribution < -0.4 is 5.32 Å². The van der Waals surface area contributed by atoms with Crippen molar-refractivity contribution in [3.63, 3.8) is 0 Å². The first kappa shape index (κ1) is 19.3. The van der Waals surface area contributed by atoms with Gasteiger partial charge in [-0.1, -0.05) is 23.4 Å². The van der Waals surface area contributed by atoms with Crippen molar-refractivity contribution in [2.45, 2.75) is 32.1 Å². The molecule has 7 nitrogen and oxygen atoms in total. The van der Waals surface area contributed by atoms with Crippen molar-refractivity contribution in [1.82, 2.24) is 19.5 Å². The number of aryl methyl sites for hydroxylation is 1. The molecule has 1 fully saturated rings. The van der Waals surface area contributed by atoms with Crippen molar-refractivity contribution < 1.29 is 18.1 Å². The number of amides is 1. The first-order chi connectivity index (χ1) is 14.9. The number of benzene rings is 1. The van der Waals surface area contributed by atoms with Gasteiger partial charge in [0.05, 0.1) is 6.20 Å². The molecule has 0 atom stereocenters. The van der Waals surface area contributed by atoms with Crippen LogP contribution in [-0.2, 0) is 6.42 Å². The molecule has 1 N–H and O–H groups in total. The molecule has 0 spiro atoms. The molecule has 0 aliphatic heterocycles. The van der Waals surface area contributed by atoms with Crippen LogP contribution in [0.2, 0.25) is 0 Å². The normalized spacial score (nSPS) is 15.7. The number of hydrogen-bond acceptors (Lipinski definition) is 5. The molecule has 0 bridgehead atoms. The number of alkyl halides is 2. The van der Waals surface area contributed by atoms with E-state index in [4.69, 9.17) is 4.52 Å². The van der Waals surface area contributed by atoms with E-state index in [-0.39, 0.29) is 24.7 Å². The molecule has 158 valence electrons. The van der Waals surface area contributed by atoms with Gasteiger partial charge in [-0.15, -0.1) is 0 Å². The Kier molecular flexibility index (Phi) is 4.53. The lowest BCUT2D eigenvalue weighted by atomic mass is 9.79. The van der Waals surface area contributed by atoms with Crippen molar-refractivity contribution in [3.8, 4) is 11.4 Å². The first-order valence-corrected chi connectivity index (χ1v) is 9.93. The summed E-state index contributed by atoms with van der Waals surface area (Å²) in [6.07, 6.45) is 3.36. The van der Waals surface area contributed by atoms with E-state index in [1.165, 1.54) is 6.20 Å². The number of halogens is 2. The molecular formula is C22H19F2N5O2. The standard InChI is InChI=1S/C22H19F2N5O2/c1-13-5-6-15(20-27-19(31-28-20)8-14-10-22(23,24)11-14)9-16(13)26-21(30)17-12-25-18-4-2-3-7-29(17)18/h2-7,9,12,14H,8,10-11H2,1H3,(H,26,30). The summed E-state index contributed by atoms with van der Waals surface area (Å²) in [6.45, 7) is 1.88. The molecule has 0 unspecified atom stereocenters. The van der Waals surface area contributed by atoms with Gasteiger partial charge in [0.25, 0.3) is 5.91 Å². The monoisotopic (exact) mass is 423 g/mol. The Morgan fingerprint density at radius 1 is 1.29 bits per heavy atom. The Morgan fingerprint density at radius 3 is 2.94 bits per heavy atom. The van der Waals surface area contributed by atoms with Crippen LogP contribution in [0, 0.1) is 12.8 Å². The van der Waals surface area contributed by atoms with Gasteiger partial charge >= 0.3 is 0 Å². The summed E-state index contributed by atoms with van der Waals surface area (Å²) < 4.78 is 33.0. The number of hydrogen-bond donors (Lipinski definition) is 1. The van der Waals surface area contributed by atoms with Crippen LogP contribution >= 0.6 is 0 Å². The summed E-state index contributed by atoms with van der Waals surface area (Å²) >= 11 is 0. The van der Waals surface area contributed by atoms with Gasteiger partial charge in [0.2, 0.25) is 17.6 Å². The molecule has 1 saturated carbocycles. The minimum atomic E-state index is -2.57. The second-order valence-corrected chi connectivity index (χ2v) is 7.90. The fourth-order valence-corrected chi connectivity index (χ4v) is 3.81. The molecule has 4 aromatic rings. The summed E-state index contributed by atoms with van der Waals surface area (Å²) in [4.78, 5) is 21.4. The van der Waals surface area contributed by atoms with Crippen molar-refractivity contribution in [2.24, 2.45) is 5.92 Å². The second-order valence-electron chi connectivity index (χ2n) is 7.90. The molecule has 3 aromatic heterocycles. The van der Waals surface area contributed by atoms with Crippen LogP contribution in [0.25, 0.3) is 17.0 Å². The van der Waals surface area contributed by atoms with Gasteiger partial charge in [0.1, 0.15) is 11.3 Å². The highest BCUT2D eigenvalue weighted by Gasteiger charge is 2.45. The SMILES string of the molecule is Cc1ccc(-c2noc(CC3CC(F)(F)C3)n2)cc1NC(=O)c1cnc2ccccn12. The zero-order valence-corrected chi connectivity index (χ0v) is 16.7. The van der Waals surface area contributed by atoms with E-state index in [1.54, 1.807) is 16.7 Å². The van der Waals surface area contributed by atoms with Gasteiger partial charge in [-0.25, -0.2) is 13.8 Å². The average molecular weight is 423 g/mol. The van der Waals surface area contributed by atoms with Crippen LogP contribution in [0.5, 0.6) is 0 Å². The van der Waals surface area contributed by atoms with E-state index in [1.807, 2.05) is 37.3 Å². The number of anilines is 1. The number of imidazole rings is 1. The molecule has 31 heavy (non-hydrogen) atoms. The van der Waals surface area contributed by atoms with Crippen LogP contribution in [0.15, 0.2) is 53.3 Å². The van der Waals surface area contributed by atoms with Crippen molar-refractivity contribution in [2.75, 3.05) is 5.32 Å². The lowest BCUT2D eigenvalue weighted by Crippen LogP contribution is -2.36. The first-order valence-electron chi connectivity index (χ1n) is 9.93. The lowest BCUT2D eigenvalue weighted by Gasteiger charge is -2.33. The fraction of sp³-hybridized carbons (Fsp3) is 0.273.